The van der Waals surface area contributed by atoms with E-state index >= 15 is 0 Å². The summed E-state index contributed by atoms with van der Waals surface area (Å²) >= 11 is 1.20. The van der Waals surface area contributed by atoms with Gasteiger partial charge in [0.1, 0.15) is 5.75 Å². The Kier molecular flexibility index (Phi) is 8.04. The number of nitrogens with zero attached hydrogens (tertiary/aromatic N) is 4. The van der Waals surface area contributed by atoms with Crippen LogP contribution in [0.3, 0.4) is 0 Å². The lowest BCUT2D eigenvalue weighted by molar-refractivity contribution is -0.129. The van der Waals surface area contributed by atoms with Crippen LogP contribution < -0.4 is 10.6 Å². The van der Waals surface area contributed by atoms with E-state index in [-0.39, 0.29) is 17.4 Å². The summed E-state index contributed by atoms with van der Waals surface area (Å²) in [5, 5.41) is 8.51. The molecule has 0 bridgehead atoms. The molecule has 0 saturated heterocycles. The van der Waals surface area contributed by atoms with Gasteiger partial charge in [-0.05, 0) is 43.2 Å². The first-order chi connectivity index (χ1) is 15.4. The van der Waals surface area contributed by atoms with Crippen LogP contribution in [-0.4, -0.2) is 44.6 Å². The zero-order valence-corrected chi connectivity index (χ0v) is 18.7. The van der Waals surface area contributed by atoms with Crippen molar-refractivity contribution in [2.24, 2.45) is 0 Å². The highest BCUT2D eigenvalue weighted by Crippen LogP contribution is 2.24. The van der Waals surface area contributed by atoms with Crippen molar-refractivity contribution >= 4 is 17.7 Å². The number of hydrogen-bond donors (Lipinski definition) is 1. The molecule has 1 heterocycles. The molecule has 32 heavy (non-hydrogen) atoms. The third-order valence-electron chi connectivity index (χ3n) is 4.67. The molecule has 1 aromatic heterocycles. The zero-order valence-electron chi connectivity index (χ0n) is 17.9. The first-order valence-electron chi connectivity index (χ1n) is 10.1. The summed E-state index contributed by atoms with van der Waals surface area (Å²) in [6, 6.07) is 14.1. The number of alkyl halides is 2. The number of hydrogen-bond acceptors (Lipinski definition) is 6. The Hall–Kier alpha value is -3.14. The highest BCUT2D eigenvalue weighted by molar-refractivity contribution is 7.99. The van der Waals surface area contributed by atoms with E-state index in [1.165, 1.54) is 34.1 Å². The second kappa shape index (κ2) is 10.9. The van der Waals surface area contributed by atoms with Gasteiger partial charge >= 0.3 is 6.61 Å². The fourth-order valence-electron chi connectivity index (χ4n) is 3.05. The van der Waals surface area contributed by atoms with Gasteiger partial charge in [-0.2, -0.15) is 8.78 Å². The smallest absolute Gasteiger partial charge is 0.387 e. The molecule has 7 nitrogen and oxygen atoms in total. The fourth-order valence-corrected chi connectivity index (χ4v) is 3.81. The second-order valence-electron chi connectivity index (χ2n) is 7.17. The average molecular weight is 462 g/mol. The van der Waals surface area contributed by atoms with E-state index in [1.54, 1.807) is 12.1 Å². The molecular weight excluding hydrogens is 436 g/mol. The molecule has 0 saturated carbocycles. The van der Waals surface area contributed by atoms with Crippen LogP contribution in [0.4, 0.5) is 8.78 Å². The standard InChI is InChI=1S/C22H25F2N5O2S/c1-3-12-28(13-16-6-4-15(2)5-7-16)19(30)14-32-22-27-26-20(29(22)25)17-8-10-18(11-9-17)31-21(23)24/h4-11,21H,3,12-14,25H2,1-2H3. The molecule has 0 fully saturated rings. The molecule has 0 aliphatic heterocycles. The summed E-state index contributed by atoms with van der Waals surface area (Å²) in [5.74, 6) is 6.65. The third-order valence-corrected chi connectivity index (χ3v) is 5.60. The van der Waals surface area contributed by atoms with E-state index in [0.717, 1.165) is 12.0 Å². The van der Waals surface area contributed by atoms with Crippen LogP contribution >= 0.6 is 11.8 Å². The van der Waals surface area contributed by atoms with Gasteiger partial charge in [-0.3, -0.25) is 4.79 Å². The van der Waals surface area contributed by atoms with Crippen LogP contribution in [0.15, 0.2) is 53.7 Å². The maximum atomic E-state index is 12.8. The lowest BCUT2D eigenvalue weighted by Gasteiger charge is -2.22. The number of thioether (sulfide) groups is 1. The van der Waals surface area contributed by atoms with Gasteiger partial charge in [0.15, 0.2) is 5.82 Å². The molecule has 0 unspecified atom stereocenters. The number of aryl methyl sites for hydroxylation is 1. The summed E-state index contributed by atoms with van der Waals surface area (Å²) < 4.78 is 30.2. The molecular formula is C22H25F2N5O2S. The molecule has 0 spiro atoms. The molecule has 3 rings (SSSR count). The molecule has 2 N–H and O–H groups in total. The third kappa shape index (κ3) is 6.19. The van der Waals surface area contributed by atoms with E-state index in [4.69, 9.17) is 5.84 Å². The zero-order chi connectivity index (χ0) is 23.1. The number of carbonyl (C=O) groups is 1. The number of aromatic nitrogens is 3. The number of amides is 1. The molecule has 10 heteroatoms. The van der Waals surface area contributed by atoms with E-state index in [9.17, 15) is 13.6 Å². The highest BCUT2D eigenvalue weighted by atomic mass is 32.2. The summed E-state index contributed by atoms with van der Waals surface area (Å²) in [4.78, 5) is 14.6. The van der Waals surface area contributed by atoms with Crippen molar-refractivity contribution in [3.63, 3.8) is 0 Å². The van der Waals surface area contributed by atoms with E-state index in [0.29, 0.717) is 29.6 Å². The maximum Gasteiger partial charge on any atom is 0.387 e. The summed E-state index contributed by atoms with van der Waals surface area (Å²) in [7, 11) is 0. The Morgan fingerprint density at radius 3 is 2.47 bits per heavy atom. The van der Waals surface area contributed by atoms with Crippen LogP contribution in [0.1, 0.15) is 24.5 Å². The molecule has 0 radical (unpaired) electrons. The van der Waals surface area contributed by atoms with Gasteiger partial charge < -0.3 is 15.5 Å². The molecule has 0 atom stereocenters. The van der Waals surface area contributed by atoms with Crippen LogP contribution in [0.25, 0.3) is 11.4 Å². The monoisotopic (exact) mass is 461 g/mol. The van der Waals surface area contributed by atoms with Crippen molar-refractivity contribution in [3.8, 4) is 17.1 Å². The highest BCUT2D eigenvalue weighted by Gasteiger charge is 2.18. The predicted octanol–water partition coefficient (Wildman–Crippen LogP) is 4.10. The minimum absolute atomic E-state index is 0.0181. The van der Waals surface area contributed by atoms with Gasteiger partial charge in [0.05, 0.1) is 5.75 Å². The Balaban J connectivity index is 1.63. The largest absolute Gasteiger partial charge is 0.435 e. The molecule has 1 amide bonds. The van der Waals surface area contributed by atoms with Gasteiger partial charge in [-0.15, -0.1) is 10.2 Å². The number of nitrogen functional groups attached to an aromatic ring is 1. The summed E-state index contributed by atoms with van der Waals surface area (Å²) in [6.07, 6.45) is 0.852. The average Bonchev–Trinajstić information content (AvgIpc) is 3.13. The fraction of sp³-hybridized carbons (Fsp3) is 0.318. The van der Waals surface area contributed by atoms with Crippen molar-refractivity contribution in [2.45, 2.75) is 38.6 Å². The lowest BCUT2D eigenvalue weighted by atomic mass is 10.1. The van der Waals surface area contributed by atoms with Crippen LogP contribution in [0.2, 0.25) is 0 Å². The van der Waals surface area contributed by atoms with Crippen LogP contribution in [-0.2, 0) is 11.3 Å². The number of carbonyl (C=O) groups excluding carboxylic acids is 1. The van der Waals surface area contributed by atoms with Gasteiger partial charge in [-0.25, -0.2) is 4.68 Å². The van der Waals surface area contributed by atoms with Gasteiger partial charge in [0.25, 0.3) is 0 Å². The van der Waals surface area contributed by atoms with Gasteiger partial charge in [0, 0.05) is 18.7 Å². The second-order valence-corrected chi connectivity index (χ2v) is 8.11. The first-order valence-corrected chi connectivity index (χ1v) is 11.1. The number of rotatable bonds is 10. The number of ether oxygens (including phenoxy) is 1. The number of nitrogens with two attached hydrogens (primary N) is 1. The van der Waals surface area contributed by atoms with Crippen molar-refractivity contribution < 1.29 is 18.3 Å². The molecule has 3 aromatic rings. The van der Waals surface area contributed by atoms with Crippen molar-refractivity contribution in [1.82, 2.24) is 19.8 Å². The molecule has 0 aliphatic carbocycles. The summed E-state index contributed by atoms with van der Waals surface area (Å²) in [6.45, 7) is 2.36. The molecule has 0 aliphatic rings. The molecule has 2 aromatic carbocycles. The Bertz CT molecular complexity index is 1030. The van der Waals surface area contributed by atoms with Gasteiger partial charge in [-0.1, -0.05) is 48.5 Å². The molecule has 170 valence electrons. The Morgan fingerprint density at radius 2 is 1.84 bits per heavy atom. The van der Waals surface area contributed by atoms with E-state index < -0.39 is 6.61 Å². The van der Waals surface area contributed by atoms with Crippen molar-refractivity contribution in [2.75, 3.05) is 18.1 Å². The van der Waals surface area contributed by atoms with E-state index in [2.05, 4.69) is 14.9 Å². The lowest BCUT2D eigenvalue weighted by Crippen LogP contribution is -2.32. The minimum atomic E-state index is -2.89. The number of benzene rings is 2. The Labute approximate surface area is 189 Å². The topological polar surface area (TPSA) is 86.3 Å². The maximum absolute atomic E-state index is 12.8. The minimum Gasteiger partial charge on any atom is -0.435 e. The van der Waals surface area contributed by atoms with Crippen molar-refractivity contribution in [3.05, 3.63) is 59.7 Å². The van der Waals surface area contributed by atoms with Crippen LogP contribution in [0, 0.1) is 6.92 Å². The Morgan fingerprint density at radius 1 is 1.16 bits per heavy atom. The van der Waals surface area contributed by atoms with Crippen LogP contribution in [0.5, 0.6) is 5.75 Å². The van der Waals surface area contributed by atoms with Gasteiger partial charge in [0.2, 0.25) is 11.1 Å². The quantitative estimate of drug-likeness (QED) is 0.361. The summed E-state index contributed by atoms with van der Waals surface area (Å²) in [5.41, 5.74) is 2.84. The SMILES string of the molecule is CCCN(Cc1ccc(C)cc1)C(=O)CSc1nnc(-c2ccc(OC(F)F)cc2)n1N. The normalized spacial score (nSPS) is 11.0. The van der Waals surface area contributed by atoms with Crippen molar-refractivity contribution in [1.29, 1.82) is 0 Å². The predicted molar refractivity (Wildman–Crippen MR) is 120 cm³/mol. The first kappa shape index (κ1) is 23.5. The van der Waals surface area contributed by atoms with E-state index in [1.807, 2.05) is 43.0 Å². The number of halogens is 2.